The lowest BCUT2D eigenvalue weighted by atomic mass is 10.0. The molecule has 0 unspecified atom stereocenters. The molecule has 8 heteroatoms. The van der Waals surface area contributed by atoms with Crippen molar-refractivity contribution in [1.29, 1.82) is 0 Å². The van der Waals surface area contributed by atoms with Crippen molar-refractivity contribution in [3.05, 3.63) is 51.2 Å². The molecule has 134 valence electrons. The molecule has 1 saturated heterocycles. The topological polar surface area (TPSA) is 108 Å². The van der Waals surface area contributed by atoms with Crippen LogP contribution in [0.5, 0.6) is 0 Å². The minimum atomic E-state index is -0.250. The number of H-pyrrole nitrogens is 1. The Kier molecular flexibility index (Phi) is 5.74. The number of rotatable bonds is 3. The number of carbonyl (C=O) groups is 2. The number of aromatic nitrogens is 3. The second kappa shape index (κ2) is 7.78. The first-order valence-corrected chi connectivity index (χ1v) is 8.03. The lowest BCUT2D eigenvalue weighted by molar-refractivity contribution is -0.122. The maximum atomic E-state index is 12.6. The molecule has 0 aliphatic carbocycles. The van der Waals surface area contributed by atoms with E-state index in [4.69, 9.17) is 9.90 Å². The number of carboxylic acid groups (broad SMARTS) is 1. The van der Waals surface area contributed by atoms with Gasteiger partial charge in [0, 0.05) is 30.5 Å². The Bertz CT molecular complexity index is 818. The summed E-state index contributed by atoms with van der Waals surface area (Å²) >= 11 is 0. The molecule has 0 radical (unpaired) electrons. The van der Waals surface area contributed by atoms with Gasteiger partial charge >= 0.3 is 0 Å². The maximum absolute atomic E-state index is 12.6. The monoisotopic (exact) mass is 346 g/mol. The summed E-state index contributed by atoms with van der Waals surface area (Å²) in [6, 6.07) is 5.31. The fourth-order valence-corrected chi connectivity index (χ4v) is 2.96. The normalized spacial score (nSPS) is 13.6. The molecule has 0 spiro atoms. The Labute approximate surface area is 145 Å². The molecule has 2 aromatic heterocycles. The van der Waals surface area contributed by atoms with Gasteiger partial charge in [0.1, 0.15) is 0 Å². The van der Waals surface area contributed by atoms with Crippen molar-refractivity contribution in [2.75, 3.05) is 13.1 Å². The number of nitrogens with zero attached hydrogens (tertiary/aromatic N) is 3. The van der Waals surface area contributed by atoms with Crippen LogP contribution in [0.3, 0.4) is 0 Å². The summed E-state index contributed by atoms with van der Waals surface area (Å²) in [4.78, 5) is 36.8. The van der Waals surface area contributed by atoms with Gasteiger partial charge in [-0.25, -0.2) is 0 Å². The lowest BCUT2D eigenvalue weighted by Gasteiger charge is -2.40. The van der Waals surface area contributed by atoms with Crippen LogP contribution in [0.25, 0.3) is 0 Å². The van der Waals surface area contributed by atoms with E-state index in [-0.39, 0.29) is 24.0 Å². The largest absolute Gasteiger partial charge is 0.483 e. The highest BCUT2D eigenvalue weighted by Gasteiger charge is 2.34. The van der Waals surface area contributed by atoms with E-state index in [9.17, 15) is 9.59 Å². The van der Waals surface area contributed by atoms with E-state index < -0.39 is 0 Å². The zero-order chi connectivity index (χ0) is 18.6. The van der Waals surface area contributed by atoms with Gasteiger partial charge in [0.15, 0.2) is 0 Å². The fourth-order valence-electron chi connectivity index (χ4n) is 2.96. The van der Waals surface area contributed by atoms with Crippen LogP contribution in [-0.4, -0.2) is 50.2 Å². The van der Waals surface area contributed by atoms with Crippen LogP contribution >= 0.6 is 0 Å². The smallest absolute Gasteiger partial charge is 0.290 e. The van der Waals surface area contributed by atoms with Crippen LogP contribution < -0.4 is 5.56 Å². The first-order chi connectivity index (χ1) is 11.9. The average molecular weight is 346 g/mol. The highest BCUT2D eigenvalue weighted by atomic mass is 16.3. The Morgan fingerprint density at radius 3 is 2.56 bits per heavy atom. The number of hydrogen-bond donors (Lipinski definition) is 2. The molecule has 1 aliphatic heterocycles. The van der Waals surface area contributed by atoms with E-state index in [1.165, 1.54) is 6.07 Å². The van der Waals surface area contributed by atoms with E-state index >= 15 is 0 Å². The average Bonchev–Trinajstić information content (AvgIpc) is 2.84. The minimum Gasteiger partial charge on any atom is -0.483 e. The molecule has 3 heterocycles. The van der Waals surface area contributed by atoms with Crippen molar-refractivity contribution in [3.63, 3.8) is 0 Å². The molecule has 2 aromatic rings. The Hall–Kier alpha value is -2.90. The molecule has 0 saturated carbocycles. The standard InChI is InChI=1S/C16H20N4O2.CH2O2/c1-4-14-13(5-6-15(21)17-14)16(22)19-8-12(9-19)20-11(3)7-10(2)18-20;2-1-3/h5-7,12H,4,8-9H2,1-3H3,(H,17,21);1H,(H,2,3). The van der Waals surface area contributed by atoms with Crippen LogP contribution in [0, 0.1) is 13.8 Å². The third-order valence-electron chi connectivity index (χ3n) is 4.12. The minimum absolute atomic E-state index is 0.0223. The van der Waals surface area contributed by atoms with Crippen LogP contribution in [0.15, 0.2) is 23.0 Å². The molecule has 1 amide bonds. The number of aryl methyl sites for hydroxylation is 3. The summed E-state index contributed by atoms with van der Waals surface area (Å²) in [5.74, 6) is -0.0223. The predicted octanol–water partition coefficient (Wildman–Crippen LogP) is 1.15. The van der Waals surface area contributed by atoms with Crippen molar-refractivity contribution >= 4 is 12.4 Å². The van der Waals surface area contributed by atoms with Gasteiger partial charge in [-0.15, -0.1) is 0 Å². The SMILES string of the molecule is CCc1[nH]c(=O)ccc1C(=O)N1CC(n2nc(C)cc2C)C1.O=CO. The number of aromatic amines is 1. The zero-order valence-electron chi connectivity index (χ0n) is 14.5. The van der Waals surface area contributed by atoms with Crippen molar-refractivity contribution in [2.45, 2.75) is 33.2 Å². The summed E-state index contributed by atoms with van der Waals surface area (Å²) in [6.07, 6.45) is 0.631. The van der Waals surface area contributed by atoms with E-state index in [1.807, 2.05) is 31.5 Å². The van der Waals surface area contributed by atoms with Crippen molar-refractivity contribution < 1.29 is 14.7 Å². The van der Waals surface area contributed by atoms with E-state index in [0.29, 0.717) is 30.8 Å². The van der Waals surface area contributed by atoms with E-state index in [2.05, 4.69) is 10.1 Å². The van der Waals surface area contributed by atoms with Gasteiger partial charge < -0.3 is 15.0 Å². The third kappa shape index (κ3) is 3.96. The van der Waals surface area contributed by atoms with Gasteiger partial charge in [-0.2, -0.15) is 5.10 Å². The summed E-state index contributed by atoms with van der Waals surface area (Å²) in [5.41, 5.74) is 3.24. The van der Waals surface area contributed by atoms with Crippen molar-refractivity contribution in [1.82, 2.24) is 19.7 Å². The van der Waals surface area contributed by atoms with Gasteiger partial charge in [0.2, 0.25) is 5.56 Å². The highest BCUT2D eigenvalue weighted by molar-refractivity contribution is 5.95. The highest BCUT2D eigenvalue weighted by Crippen LogP contribution is 2.25. The Morgan fingerprint density at radius 2 is 2.04 bits per heavy atom. The summed E-state index contributed by atoms with van der Waals surface area (Å²) in [6.45, 7) is 6.99. The number of likely N-dealkylation sites (tertiary alicyclic amines) is 1. The molecular weight excluding hydrogens is 324 g/mol. The number of nitrogens with one attached hydrogen (secondary N) is 1. The summed E-state index contributed by atoms with van der Waals surface area (Å²) in [7, 11) is 0. The fraction of sp³-hybridized carbons (Fsp3) is 0.412. The quantitative estimate of drug-likeness (QED) is 0.811. The van der Waals surface area contributed by atoms with E-state index in [0.717, 1.165) is 11.4 Å². The van der Waals surface area contributed by atoms with Gasteiger partial charge in [0.25, 0.3) is 12.4 Å². The number of hydrogen-bond acceptors (Lipinski definition) is 4. The maximum Gasteiger partial charge on any atom is 0.290 e. The second-order valence-corrected chi connectivity index (χ2v) is 5.91. The molecule has 0 atom stereocenters. The number of pyridine rings is 1. The molecule has 8 nitrogen and oxygen atoms in total. The number of carbonyl (C=O) groups excluding carboxylic acids is 1. The van der Waals surface area contributed by atoms with Crippen LogP contribution in [0.2, 0.25) is 0 Å². The van der Waals surface area contributed by atoms with E-state index in [1.54, 1.807) is 11.0 Å². The summed E-state index contributed by atoms with van der Waals surface area (Å²) in [5, 5.41) is 11.4. The first kappa shape index (κ1) is 18.4. The summed E-state index contributed by atoms with van der Waals surface area (Å²) < 4.78 is 1.99. The molecule has 1 aliphatic rings. The van der Waals surface area contributed by atoms with Gasteiger partial charge in [-0.3, -0.25) is 19.1 Å². The molecule has 1 fully saturated rings. The third-order valence-corrected chi connectivity index (χ3v) is 4.12. The molecule has 2 N–H and O–H groups in total. The first-order valence-electron chi connectivity index (χ1n) is 8.03. The van der Waals surface area contributed by atoms with Crippen LogP contribution in [0.4, 0.5) is 0 Å². The zero-order valence-corrected chi connectivity index (χ0v) is 14.5. The van der Waals surface area contributed by atoms with Crippen LogP contribution in [-0.2, 0) is 11.2 Å². The lowest BCUT2D eigenvalue weighted by Crippen LogP contribution is -2.51. The van der Waals surface area contributed by atoms with Crippen molar-refractivity contribution in [3.8, 4) is 0 Å². The van der Waals surface area contributed by atoms with Gasteiger partial charge in [-0.1, -0.05) is 6.92 Å². The Balaban J connectivity index is 0.000000701. The Morgan fingerprint density at radius 1 is 1.40 bits per heavy atom. The number of amides is 1. The molecule has 25 heavy (non-hydrogen) atoms. The molecular formula is C17H22N4O4. The molecule has 3 rings (SSSR count). The van der Waals surface area contributed by atoms with Crippen LogP contribution in [0.1, 0.15) is 40.4 Å². The van der Waals surface area contributed by atoms with Gasteiger partial charge in [0.05, 0.1) is 17.3 Å². The van der Waals surface area contributed by atoms with Gasteiger partial charge in [-0.05, 0) is 32.4 Å². The predicted molar refractivity (Wildman–Crippen MR) is 91.8 cm³/mol. The molecule has 0 bridgehead atoms. The molecule has 0 aromatic carbocycles. The van der Waals surface area contributed by atoms with Crippen molar-refractivity contribution in [2.24, 2.45) is 0 Å². The second-order valence-electron chi connectivity index (χ2n) is 5.91.